The quantitative estimate of drug-likeness (QED) is 0.522. The lowest BCUT2D eigenvalue weighted by atomic mass is 10.1. The maximum absolute atomic E-state index is 12.6. The van der Waals surface area contributed by atoms with Gasteiger partial charge in [-0.1, -0.05) is 11.6 Å². The van der Waals surface area contributed by atoms with E-state index in [1.807, 2.05) is 25.1 Å². The molecule has 0 aliphatic carbocycles. The summed E-state index contributed by atoms with van der Waals surface area (Å²) in [6, 6.07) is 16.6. The number of rotatable bonds is 3. The van der Waals surface area contributed by atoms with Crippen molar-refractivity contribution in [2.45, 2.75) is 6.92 Å². The molecule has 0 aliphatic heterocycles. The number of nitrogens with one attached hydrogen (secondary N) is 1. The van der Waals surface area contributed by atoms with Crippen molar-refractivity contribution in [3.63, 3.8) is 0 Å². The van der Waals surface area contributed by atoms with E-state index in [1.54, 1.807) is 24.3 Å². The van der Waals surface area contributed by atoms with Gasteiger partial charge in [0, 0.05) is 16.5 Å². The van der Waals surface area contributed by atoms with Crippen LogP contribution in [0.1, 0.15) is 25.6 Å². The molecule has 2 heterocycles. The highest BCUT2D eigenvalue weighted by molar-refractivity contribution is 7.20. The number of aryl methyl sites for hydroxylation is 1. The van der Waals surface area contributed by atoms with E-state index in [2.05, 4.69) is 27.2 Å². The van der Waals surface area contributed by atoms with Crippen LogP contribution in [0.4, 0.5) is 5.69 Å². The van der Waals surface area contributed by atoms with E-state index in [4.69, 9.17) is 0 Å². The number of amides is 1. The summed E-state index contributed by atoms with van der Waals surface area (Å²) in [7, 11) is 1.33. The van der Waals surface area contributed by atoms with Gasteiger partial charge in [-0.2, -0.15) is 0 Å². The first-order valence-electron chi connectivity index (χ1n) is 8.34. The van der Waals surface area contributed by atoms with Crippen molar-refractivity contribution in [3.8, 4) is 0 Å². The van der Waals surface area contributed by atoms with Crippen molar-refractivity contribution in [2.24, 2.45) is 0 Å². The maximum atomic E-state index is 12.6. The molecule has 4 aromatic rings. The highest BCUT2D eigenvalue weighted by Gasteiger charge is 2.13. The van der Waals surface area contributed by atoms with Crippen molar-refractivity contribution < 1.29 is 14.3 Å². The van der Waals surface area contributed by atoms with Gasteiger partial charge < -0.3 is 10.1 Å². The van der Waals surface area contributed by atoms with Crippen LogP contribution < -0.4 is 5.32 Å². The number of aromatic nitrogens is 1. The van der Waals surface area contributed by atoms with Crippen LogP contribution in [-0.2, 0) is 4.74 Å². The Hall–Kier alpha value is -3.25. The van der Waals surface area contributed by atoms with Gasteiger partial charge in [0.25, 0.3) is 5.91 Å². The molecular weight excluding hydrogens is 360 g/mol. The minimum atomic E-state index is -0.411. The largest absolute Gasteiger partial charge is 0.465 e. The normalized spacial score (nSPS) is 10.9. The Morgan fingerprint density at radius 1 is 1.00 bits per heavy atom. The number of fused-ring (bicyclic) bond motifs is 2. The van der Waals surface area contributed by atoms with E-state index < -0.39 is 5.97 Å². The third-order valence-electron chi connectivity index (χ3n) is 4.24. The van der Waals surface area contributed by atoms with Crippen LogP contribution in [0.5, 0.6) is 0 Å². The predicted molar refractivity (Wildman–Crippen MR) is 108 cm³/mol. The lowest BCUT2D eigenvalue weighted by Gasteiger charge is -2.04. The third-order valence-corrected chi connectivity index (χ3v) is 5.29. The van der Waals surface area contributed by atoms with E-state index in [-0.39, 0.29) is 5.91 Å². The van der Waals surface area contributed by atoms with Crippen molar-refractivity contribution in [1.82, 2.24) is 4.98 Å². The Labute approximate surface area is 159 Å². The van der Waals surface area contributed by atoms with Crippen LogP contribution in [0.25, 0.3) is 21.1 Å². The van der Waals surface area contributed by atoms with Crippen LogP contribution in [-0.4, -0.2) is 24.0 Å². The fourth-order valence-corrected chi connectivity index (χ4v) is 3.78. The number of esters is 1. The average molecular weight is 376 g/mol. The number of ether oxygens (including phenoxy) is 1. The molecule has 27 heavy (non-hydrogen) atoms. The number of anilines is 1. The SMILES string of the molecule is COC(=O)c1ccc(NC(=O)c2cc3cc4cc(C)ccc4nc3s2)cc1. The molecule has 4 rings (SSSR count). The highest BCUT2D eigenvalue weighted by atomic mass is 32.1. The zero-order valence-electron chi connectivity index (χ0n) is 14.8. The molecule has 134 valence electrons. The Bertz CT molecular complexity index is 1180. The van der Waals surface area contributed by atoms with Crippen LogP contribution in [0.3, 0.4) is 0 Å². The number of hydrogen-bond acceptors (Lipinski definition) is 5. The van der Waals surface area contributed by atoms with E-state index in [1.165, 1.54) is 24.0 Å². The van der Waals surface area contributed by atoms with Crippen molar-refractivity contribution in [2.75, 3.05) is 12.4 Å². The van der Waals surface area contributed by atoms with Crippen LogP contribution >= 0.6 is 11.3 Å². The number of benzene rings is 2. The second kappa shape index (κ2) is 6.81. The smallest absolute Gasteiger partial charge is 0.337 e. The molecule has 0 unspecified atom stereocenters. The van der Waals surface area contributed by atoms with E-state index >= 15 is 0 Å². The third kappa shape index (κ3) is 3.39. The minimum absolute atomic E-state index is 0.205. The molecule has 0 saturated heterocycles. The monoisotopic (exact) mass is 376 g/mol. The number of methoxy groups -OCH3 is 1. The molecule has 6 heteroatoms. The molecule has 0 atom stereocenters. The standard InChI is InChI=1S/C21H16N2O3S/c1-12-3-8-17-14(9-12)10-15-11-18(27-20(15)23-17)19(24)22-16-6-4-13(5-7-16)21(25)26-2/h3-11H,1-2H3,(H,22,24). The van der Waals surface area contributed by atoms with Crippen molar-refractivity contribution in [3.05, 3.63) is 70.6 Å². The number of carbonyl (C=O) groups is 2. The first-order valence-corrected chi connectivity index (χ1v) is 9.16. The average Bonchev–Trinajstić information content (AvgIpc) is 3.09. The fraction of sp³-hybridized carbons (Fsp3) is 0.0952. The molecule has 0 radical (unpaired) electrons. The molecule has 0 bridgehead atoms. The van der Waals surface area contributed by atoms with Gasteiger partial charge in [0.05, 0.1) is 23.1 Å². The van der Waals surface area contributed by atoms with Gasteiger partial charge in [-0.3, -0.25) is 4.79 Å². The number of thiophene rings is 1. The summed E-state index contributed by atoms with van der Waals surface area (Å²) in [6.45, 7) is 2.04. The molecule has 0 aliphatic rings. The second-order valence-corrected chi connectivity index (χ2v) is 7.24. The molecule has 1 amide bonds. The number of hydrogen-bond donors (Lipinski definition) is 1. The van der Waals surface area contributed by atoms with Gasteiger partial charge in [0.15, 0.2) is 0 Å². The fourth-order valence-electron chi connectivity index (χ4n) is 2.87. The summed E-state index contributed by atoms with van der Waals surface area (Å²) in [5, 5.41) is 4.85. The van der Waals surface area contributed by atoms with Crippen LogP contribution in [0, 0.1) is 6.92 Å². The summed E-state index contributed by atoms with van der Waals surface area (Å²) in [4.78, 5) is 30.1. The Kier molecular flexibility index (Phi) is 4.33. The Morgan fingerprint density at radius 2 is 1.78 bits per heavy atom. The molecule has 0 saturated carbocycles. The predicted octanol–water partition coefficient (Wildman–Crippen LogP) is 4.80. The van der Waals surface area contributed by atoms with Crippen LogP contribution in [0.15, 0.2) is 54.6 Å². The Balaban J connectivity index is 1.60. The minimum Gasteiger partial charge on any atom is -0.465 e. The van der Waals surface area contributed by atoms with Crippen molar-refractivity contribution in [1.29, 1.82) is 0 Å². The second-order valence-electron chi connectivity index (χ2n) is 6.21. The van der Waals surface area contributed by atoms with E-state index in [0.29, 0.717) is 16.1 Å². The van der Waals surface area contributed by atoms with Gasteiger partial charge >= 0.3 is 5.97 Å². The summed E-state index contributed by atoms with van der Waals surface area (Å²) < 4.78 is 4.67. The molecule has 2 aromatic heterocycles. The summed E-state index contributed by atoms with van der Waals surface area (Å²) in [5.41, 5.74) is 3.13. The van der Waals surface area contributed by atoms with Crippen molar-refractivity contribution >= 4 is 50.0 Å². The first-order chi connectivity index (χ1) is 13.0. The highest BCUT2D eigenvalue weighted by Crippen LogP contribution is 2.28. The lowest BCUT2D eigenvalue weighted by molar-refractivity contribution is 0.0600. The molecule has 5 nitrogen and oxygen atoms in total. The first kappa shape index (κ1) is 17.2. The maximum Gasteiger partial charge on any atom is 0.337 e. The molecular formula is C21H16N2O3S. The van der Waals surface area contributed by atoms with Gasteiger partial charge in [0.2, 0.25) is 0 Å². The Morgan fingerprint density at radius 3 is 2.52 bits per heavy atom. The molecule has 0 fully saturated rings. The van der Waals surface area contributed by atoms with Gasteiger partial charge in [-0.15, -0.1) is 11.3 Å². The summed E-state index contributed by atoms with van der Waals surface area (Å²) in [6.07, 6.45) is 0. The van der Waals surface area contributed by atoms with Gasteiger partial charge in [0.1, 0.15) is 4.83 Å². The van der Waals surface area contributed by atoms with Crippen LogP contribution in [0.2, 0.25) is 0 Å². The summed E-state index contributed by atoms with van der Waals surface area (Å²) >= 11 is 1.36. The zero-order chi connectivity index (χ0) is 19.0. The van der Waals surface area contributed by atoms with E-state index in [0.717, 1.165) is 21.1 Å². The zero-order valence-corrected chi connectivity index (χ0v) is 15.6. The number of nitrogens with zero attached hydrogens (tertiary/aromatic N) is 1. The van der Waals surface area contributed by atoms with Gasteiger partial charge in [-0.25, -0.2) is 9.78 Å². The van der Waals surface area contributed by atoms with Gasteiger partial charge in [-0.05, 0) is 55.5 Å². The number of carbonyl (C=O) groups excluding carboxylic acids is 2. The topological polar surface area (TPSA) is 68.3 Å². The van der Waals surface area contributed by atoms with E-state index in [9.17, 15) is 9.59 Å². The number of pyridine rings is 1. The molecule has 0 spiro atoms. The lowest BCUT2D eigenvalue weighted by Crippen LogP contribution is -2.10. The molecule has 2 aromatic carbocycles. The summed E-state index contributed by atoms with van der Waals surface area (Å²) in [5.74, 6) is -0.616. The molecule has 1 N–H and O–H groups in total.